The maximum atomic E-state index is 14.4. The van der Waals surface area contributed by atoms with Crippen LogP contribution in [0.4, 0.5) is 65.9 Å². The minimum Gasteiger partial charge on any atom is -0.287 e. The maximum absolute atomic E-state index is 14.4. The summed E-state index contributed by atoms with van der Waals surface area (Å²) in [7, 11) is 0. The molecule has 46 heavy (non-hydrogen) atoms. The average molecular weight is 695 g/mol. The number of benzene rings is 1. The zero-order valence-electron chi connectivity index (χ0n) is 24.5. The Morgan fingerprint density at radius 2 is 0.913 bits per heavy atom. The van der Waals surface area contributed by atoms with Gasteiger partial charge >= 0.3 is 41.7 Å². The van der Waals surface area contributed by atoms with E-state index in [0.29, 0.717) is 42.4 Å². The van der Waals surface area contributed by atoms with Crippen molar-refractivity contribution in [2.75, 3.05) is 0 Å². The Morgan fingerprint density at radius 3 is 1.33 bits per heavy atom. The van der Waals surface area contributed by atoms with Crippen molar-refractivity contribution in [2.24, 2.45) is 17.8 Å². The summed E-state index contributed by atoms with van der Waals surface area (Å²) >= 11 is 0. The number of hydrogen-bond acceptors (Lipinski definition) is 1. The first kappa shape index (κ1) is 38.3. The SMILES string of the molecule is CC[C@H]1CC[C@H](CC[C@H]2CC[C@H](c3ccc(C(=O)C(F)(F)C(F)(F)C(F)(F)C(F)(F)C(F)(F)C(F)(F)C(F)(F)F)cc3)CC2)CC1. The van der Waals surface area contributed by atoms with Crippen LogP contribution in [0.3, 0.4) is 0 Å². The summed E-state index contributed by atoms with van der Waals surface area (Å²) in [5, 5.41) is 0. The minimum atomic E-state index is -8.43. The molecule has 0 unspecified atom stereocenters. The maximum Gasteiger partial charge on any atom is 0.460 e. The molecule has 1 aromatic carbocycles. The smallest absolute Gasteiger partial charge is 0.287 e. The molecule has 3 rings (SSSR count). The van der Waals surface area contributed by atoms with E-state index >= 15 is 0 Å². The molecule has 0 N–H and O–H groups in total. The summed E-state index contributed by atoms with van der Waals surface area (Å²) in [4.78, 5) is 12.1. The van der Waals surface area contributed by atoms with Gasteiger partial charge in [-0.15, -0.1) is 0 Å². The van der Waals surface area contributed by atoms with E-state index in [1.807, 2.05) is 0 Å². The monoisotopic (exact) mass is 694 g/mol. The molecule has 2 fully saturated rings. The van der Waals surface area contributed by atoms with Crippen LogP contribution in [-0.2, 0) is 0 Å². The fraction of sp³-hybridized carbons (Fsp3) is 0.767. The van der Waals surface area contributed by atoms with Crippen molar-refractivity contribution in [3.63, 3.8) is 0 Å². The summed E-state index contributed by atoms with van der Waals surface area (Å²) in [5.74, 6) is -49.5. The van der Waals surface area contributed by atoms with E-state index in [2.05, 4.69) is 6.92 Å². The Hall–Kier alpha value is -2.16. The first-order valence-electron chi connectivity index (χ1n) is 14.8. The number of Topliss-reactive ketones (excluding diaryl/α,β-unsaturated/α-hetero) is 1. The van der Waals surface area contributed by atoms with Crippen LogP contribution in [0.15, 0.2) is 24.3 Å². The lowest BCUT2D eigenvalue weighted by molar-refractivity contribution is -0.449. The van der Waals surface area contributed by atoms with E-state index in [4.69, 9.17) is 0 Å². The summed E-state index contributed by atoms with van der Waals surface area (Å²) < 4.78 is 202. The average Bonchev–Trinajstić information content (AvgIpc) is 2.99. The Morgan fingerprint density at radius 1 is 0.543 bits per heavy atom. The van der Waals surface area contributed by atoms with E-state index in [0.717, 1.165) is 43.7 Å². The second-order valence-corrected chi connectivity index (χ2v) is 12.5. The molecule has 0 aliphatic heterocycles. The van der Waals surface area contributed by atoms with Crippen molar-refractivity contribution >= 4 is 5.78 Å². The fourth-order valence-electron chi connectivity index (χ4n) is 6.38. The van der Waals surface area contributed by atoms with Gasteiger partial charge in [-0.05, 0) is 54.9 Å². The van der Waals surface area contributed by atoms with Crippen molar-refractivity contribution in [1.29, 1.82) is 0 Å². The number of ketones is 1. The number of carbonyl (C=O) groups is 1. The second kappa shape index (κ2) is 13.0. The molecule has 1 nitrogen and oxygen atoms in total. The minimum absolute atomic E-state index is 0.150. The normalized spacial score (nSPS) is 24.6. The largest absolute Gasteiger partial charge is 0.460 e. The molecule has 0 amide bonds. The van der Waals surface area contributed by atoms with E-state index in [9.17, 15) is 70.7 Å². The quantitative estimate of drug-likeness (QED) is 0.157. The Labute approximate surface area is 255 Å². The summed E-state index contributed by atoms with van der Waals surface area (Å²) in [6.45, 7) is 2.18. The highest BCUT2D eigenvalue weighted by atomic mass is 19.4. The lowest BCUT2D eigenvalue weighted by Gasteiger charge is -2.41. The van der Waals surface area contributed by atoms with E-state index in [-0.39, 0.29) is 5.92 Å². The molecular formula is C30H33F15O. The molecule has 0 atom stereocenters. The molecule has 0 saturated heterocycles. The first-order valence-corrected chi connectivity index (χ1v) is 14.8. The molecule has 1 aromatic rings. The third kappa shape index (κ3) is 6.60. The van der Waals surface area contributed by atoms with Crippen molar-refractivity contribution < 1.29 is 70.7 Å². The van der Waals surface area contributed by atoms with Crippen molar-refractivity contribution in [1.82, 2.24) is 0 Å². The molecule has 0 radical (unpaired) electrons. The van der Waals surface area contributed by atoms with Crippen molar-refractivity contribution in [2.45, 2.75) is 125 Å². The van der Waals surface area contributed by atoms with Gasteiger partial charge in [0.2, 0.25) is 5.78 Å². The van der Waals surface area contributed by atoms with Crippen LogP contribution in [0.5, 0.6) is 0 Å². The molecule has 264 valence electrons. The van der Waals surface area contributed by atoms with Gasteiger partial charge in [0.15, 0.2) is 0 Å². The van der Waals surface area contributed by atoms with Gasteiger partial charge in [-0.3, -0.25) is 4.79 Å². The molecule has 0 aromatic heterocycles. The Balaban J connectivity index is 1.69. The standard InChI is InChI=1S/C30H33F15O/c1-2-17-3-5-18(6-4-17)7-8-19-9-11-20(12-10-19)21-13-15-22(16-14-21)23(46)24(31,32)25(33,34)26(35,36)27(37,38)28(39,40)29(41,42)30(43,44)45/h13-20H,2-12H2,1H3/t17-,18-,19-,20-. The highest BCUT2D eigenvalue weighted by Gasteiger charge is 2.94. The van der Waals surface area contributed by atoms with Gasteiger partial charge in [-0.2, -0.15) is 65.9 Å². The zero-order chi connectivity index (χ0) is 35.1. The van der Waals surface area contributed by atoms with Crippen molar-refractivity contribution in [3.05, 3.63) is 35.4 Å². The highest BCUT2D eigenvalue weighted by Crippen LogP contribution is 2.62. The third-order valence-electron chi connectivity index (χ3n) is 9.63. The van der Waals surface area contributed by atoms with E-state index in [1.165, 1.54) is 32.1 Å². The topological polar surface area (TPSA) is 17.1 Å². The molecule has 2 aliphatic carbocycles. The van der Waals surface area contributed by atoms with Crippen LogP contribution < -0.4 is 0 Å². The Kier molecular flexibility index (Phi) is 10.9. The lowest BCUT2D eigenvalue weighted by atomic mass is 9.74. The van der Waals surface area contributed by atoms with Crippen LogP contribution in [0.25, 0.3) is 0 Å². The second-order valence-electron chi connectivity index (χ2n) is 12.5. The Bertz CT molecular complexity index is 1170. The molecule has 0 spiro atoms. The molecule has 16 heteroatoms. The van der Waals surface area contributed by atoms with Gasteiger partial charge in [0.1, 0.15) is 0 Å². The van der Waals surface area contributed by atoms with Gasteiger partial charge in [0, 0.05) is 5.56 Å². The van der Waals surface area contributed by atoms with Gasteiger partial charge in [-0.25, -0.2) is 0 Å². The number of rotatable bonds is 12. The van der Waals surface area contributed by atoms with E-state index in [1.54, 1.807) is 0 Å². The molecular weight excluding hydrogens is 661 g/mol. The van der Waals surface area contributed by atoms with Crippen LogP contribution in [0.1, 0.15) is 99.4 Å². The predicted molar refractivity (Wildman–Crippen MR) is 136 cm³/mol. The highest BCUT2D eigenvalue weighted by molar-refractivity contribution is 6.02. The van der Waals surface area contributed by atoms with Crippen LogP contribution in [-0.4, -0.2) is 47.5 Å². The van der Waals surface area contributed by atoms with Crippen LogP contribution in [0, 0.1) is 17.8 Å². The van der Waals surface area contributed by atoms with E-state index < -0.39 is 53.1 Å². The first-order chi connectivity index (χ1) is 20.9. The summed E-state index contributed by atoms with van der Waals surface area (Å²) in [5.41, 5.74) is -1.000. The summed E-state index contributed by atoms with van der Waals surface area (Å²) in [6, 6.07) is 3.04. The number of halogens is 15. The zero-order valence-corrected chi connectivity index (χ0v) is 24.5. The number of hydrogen-bond donors (Lipinski definition) is 0. The van der Waals surface area contributed by atoms with Gasteiger partial charge < -0.3 is 0 Å². The molecule has 2 saturated carbocycles. The third-order valence-corrected chi connectivity index (χ3v) is 9.63. The lowest BCUT2D eigenvalue weighted by Crippen LogP contribution is -2.73. The van der Waals surface area contributed by atoms with Crippen molar-refractivity contribution in [3.8, 4) is 0 Å². The molecule has 0 bridgehead atoms. The predicted octanol–water partition coefficient (Wildman–Crippen LogP) is 11.5. The molecule has 0 heterocycles. The van der Waals surface area contributed by atoms with Crippen LogP contribution >= 0.6 is 0 Å². The number of carbonyl (C=O) groups excluding carboxylic acids is 1. The van der Waals surface area contributed by atoms with Gasteiger partial charge in [-0.1, -0.05) is 76.1 Å². The van der Waals surface area contributed by atoms with Crippen LogP contribution in [0.2, 0.25) is 0 Å². The number of alkyl halides is 15. The summed E-state index contributed by atoms with van der Waals surface area (Å²) in [6.07, 6.45) is 3.41. The fourth-order valence-corrected chi connectivity index (χ4v) is 6.38. The van der Waals surface area contributed by atoms with Gasteiger partial charge in [0.05, 0.1) is 0 Å². The molecule has 2 aliphatic rings. The van der Waals surface area contributed by atoms with Gasteiger partial charge in [0.25, 0.3) is 0 Å².